The second kappa shape index (κ2) is 7.50. The van der Waals surface area contributed by atoms with Crippen molar-refractivity contribution in [3.63, 3.8) is 0 Å². The first kappa shape index (κ1) is 17.1. The molecule has 0 heterocycles. The van der Waals surface area contributed by atoms with E-state index in [-0.39, 0.29) is 17.7 Å². The number of carboxylic acid groups (broad SMARTS) is 2. The van der Waals surface area contributed by atoms with Crippen LogP contribution < -0.4 is 0 Å². The van der Waals surface area contributed by atoms with Gasteiger partial charge in [0.05, 0.1) is 16.7 Å². The molecule has 1 aromatic carbocycles. The van der Waals surface area contributed by atoms with Crippen LogP contribution in [0.25, 0.3) is 0 Å². The van der Waals surface area contributed by atoms with Gasteiger partial charge in [-0.3, -0.25) is 0 Å². The summed E-state index contributed by atoms with van der Waals surface area (Å²) < 4.78 is 0. The van der Waals surface area contributed by atoms with Gasteiger partial charge >= 0.3 is 11.9 Å². The Bertz CT molecular complexity index is 383. The van der Waals surface area contributed by atoms with E-state index >= 15 is 0 Å². The van der Waals surface area contributed by atoms with Crippen molar-refractivity contribution in [2.75, 3.05) is 6.61 Å². The second-order valence-electron chi connectivity index (χ2n) is 4.47. The molecular weight excluding hydrogens is 252 g/mol. The van der Waals surface area contributed by atoms with Gasteiger partial charge in [0.15, 0.2) is 0 Å². The first-order chi connectivity index (χ1) is 8.67. The van der Waals surface area contributed by atoms with E-state index in [2.05, 4.69) is 0 Å². The summed E-state index contributed by atoms with van der Waals surface area (Å²) in [4.78, 5) is 20.7. The predicted molar refractivity (Wildman–Crippen MR) is 68.4 cm³/mol. The summed E-state index contributed by atoms with van der Waals surface area (Å²) in [5, 5.41) is 34.0. The molecule has 6 nitrogen and oxygen atoms in total. The summed E-state index contributed by atoms with van der Waals surface area (Å²) in [6.45, 7) is 3.40. The van der Waals surface area contributed by atoms with Gasteiger partial charge in [-0.1, -0.05) is 0 Å². The van der Waals surface area contributed by atoms with Crippen LogP contribution in [0.15, 0.2) is 24.3 Å². The maximum absolute atomic E-state index is 10.3. The van der Waals surface area contributed by atoms with Crippen LogP contribution in [-0.4, -0.2) is 44.6 Å². The fourth-order valence-corrected chi connectivity index (χ4v) is 1.03. The molecule has 19 heavy (non-hydrogen) atoms. The van der Waals surface area contributed by atoms with E-state index in [9.17, 15) is 9.59 Å². The number of carboxylic acids is 2. The van der Waals surface area contributed by atoms with Crippen molar-refractivity contribution in [3.05, 3.63) is 35.4 Å². The average molecular weight is 270 g/mol. The van der Waals surface area contributed by atoms with Crippen LogP contribution in [-0.2, 0) is 0 Å². The molecule has 0 bridgehead atoms. The lowest BCUT2D eigenvalue weighted by molar-refractivity contribution is 0.0514. The summed E-state index contributed by atoms with van der Waals surface area (Å²) >= 11 is 0. The van der Waals surface area contributed by atoms with E-state index in [4.69, 9.17) is 20.4 Å². The Kier molecular flexibility index (Phi) is 6.74. The zero-order chi connectivity index (χ0) is 15.1. The minimum Gasteiger partial charge on any atom is -0.478 e. The van der Waals surface area contributed by atoms with Gasteiger partial charge in [0, 0.05) is 6.61 Å². The van der Waals surface area contributed by atoms with Gasteiger partial charge in [0.1, 0.15) is 0 Å². The summed E-state index contributed by atoms with van der Waals surface area (Å²) in [6, 6.07) is 5.02. The third kappa shape index (κ3) is 7.91. The zero-order valence-corrected chi connectivity index (χ0v) is 10.8. The molecule has 0 saturated carbocycles. The molecule has 0 saturated heterocycles. The summed E-state index contributed by atoms with van der Waals surface area (Å²) in [7, 11) is 0. The molecule has 0 aromatic heterocycles. The lowest BCUT2D eigenvalue weighted by atomic mass is 10.1. The van der Waals surface area contributed by atoms with Gasteiger partial charge in [-0.15, -0.1) is 0 Å². The highest BCUT2D eigenvalue weighted by Crippen LogP contribution is 2.04. The van der Waals surface area contributed by atoms with Crippen LogP contribution in [0.4, 0.5) is 0 Å². The number of carbonyl (C=O) groups is 2. The number of hydrogen-bond acceptors (Lipinski definition) is 4. The van der Waals surface area contributed by atoms with Crippen molar-refractivity contribution >= 4 is 11.9 Å². The van der Waals surface area contributed by atoms with E-state index in [0.29, 0.717) is 6.42 Å². The van der Waals surface area contributed by atoms with Gasteiger partial charge in [-0.05, 0) is 44.5 Å². The summed E-state index contributed by atoms with van der Waals surface area (Å²) in [5.74, 6) is -2.13. The third-order valence-electron chi connectivity index (χ3n) is 2.10. The molecule has 0 fully saturated rings. The standard InChI is InChI=1S/C8H6O4.C5H12O2/c9-7(10)5-1-2-6(4-3-5)8(11)12;1-5(2,7)3-4-6/h1-4H,(H,9,10)(H,11,12);6-7H,3-4H2,1-2H3. The molecule has 106 valence electrons. The largest absolute Gasteiger partial charge is 0.478 e. The molecule has 1 aromatic rings. The Balaban J connectivity index is 0.000000399. The lowest BCUT2D eigenvalue weighted by Gasteiger charge is -2.13. The fourth-order valence-electron chi connectivity index (χ4n) is 1.03. The number of aliphatic hydroxyl groups is 2. The van der Waals surface area contributed by atoms with Crippen LogP contribution in [0.3, 0.4) is 0 Å². The summed E-state index contributed by atoms with van der Waals surface area (Å²) in [6.07, 6.45) is 0.451. The first-order valence-electron chi connectivity index (χ1n) is 5.57. The van der Waals surface area contributed by atoms with Crippen LogP contribution >= 0.6 is 0 Å². The topological polar surface area (TPSA) is 115 Å². The molecule has 0 aliphatic heterocycles. The van der Waals surface area contributed by atoms with Gasteiger partial charge in [0.2, 0.25) is 0 Å². The van der Waals surface area contributed by atoms with Gasteiger partial charge in [-0.25, -0.2) is 9.59 Å². The molecule has 0 atom stereocenters. The molecule has 0 unspecified atom stereocenters. The van der Waals surface area contributed by atoms with E-state index in [1.807, 2.05) is 0 Å². The van der Waals surface area contributed by atoms with Crippen molar-refractivity contribution in [1.29, 1.82) is 0 Å². The van der Waals surface area contributed by atoms with E-state index in [1.165, 1.54) is 24.3 Å². The molecular formula is C13H18O6. The van der Waals surface area contributed by atoms with Crippen molar-refractivity contribution in [1.82, 2.24) is 0 Å². The monoisotopic (exact) mass is 270 g/mol. The normalized spacial score (nSPS) is 10.3. The minimum absolute atomic E-state index is 0.0590. The quantitative estimate of drug-likeness (QED) is 0.654. The molecule has 0 amide bonds. The third-order valence-corrected chi connectivity index (χ3v) is 2.10. The highest BCUT2D eigenvalue weighted by molar-refractivity contribution is 5.91. The van der Waals surface area contributed by atoms with Crippen LogP contribution in [0.1, 0.15) is 41.0 Å². The molecule has 0 aliphatic carbocycles. The van der Waals surface area contributed by atoms with Crippen molar-refractivity contribution < 1.29 is 30.0 Å². The van der Waals surface area contributed by atoms with E-state index in [1.54, 1.807) is 13.8 Å². The molecule has 0 aliphatic rings. The number of hydrogen-bond donors (Lipinski definition) is 4. The lowest BCUT2D eigenvalue weighted by Crippen LogP contribution is -2.19. The SMILES string of the molecule is CC(C)(O)CCO.O=C(O)c1ccc(C(=O)O)cc1. The van der Waals surface area contributed by atoms with Gasteiger partial charge in [0.25, 0.3) is 0 Å². The molecule has 6 heteroatoms. The van der Waals surface area contributed by atoms with Crippen molar-refractivity contribution in [2.45, 2.75) is 25.9 Å². The predicted octanol–water partition coefficient (Wildman–Crippen LogP) is 1.22. The van der Waals surface area contributed by atoms with Crippen molar-refractivity contribution in [2.24, 2.45) is 0 Å². The fraction of sp³-hybridized carbons (Fsp3) is 0.385. The Morgan fingerprint density at radius 2 is 1.32 bits per heavy atom. The number of benzene rings is 1. The average Bonchev–Trinajstić information content (AvgIpc) is 2.28. The van der Waals surface area contributed by atoms with E-state index in [0.717, 1.165) is 0 Å². The van der Waals surface area contributed by atoms with Crippen LogP contribution in [0.5, 0.6) is 0 Å². The van der Waals surface area contributed by atoms with Crippen LogP contribution in [0.2, 0.25) is 0 Å². The minimum atomic E-state index is -1.06. The van der Waals surface area contributed by atoms with E-state index < -0.39 is 17.5 Å². The van der Waals surface area contributed by atoms with Gasteiger partial charge in [-0.2, -0.15) is 0 Å². The number of rotatable bonds is 4. The maximum atomic E-state index is 10.3. The Morgan fingerprint density at radius 1 is 1.00 bits per heavy atom. The Morgan fingerprint density at radius 3 is 1.42 bits per heavy atom. The number of aromatic carboxylic acids is 2. The smallest absolute Gasteiger partial charge is 0.335 e. The molecule has 1 rings (SSSR count). The Labute approximate surface area is 110 Å². The maximum Gasteiger partial charge on any atom is 0.335 e. The van der Waals surface area contributed by atoms with Gasteiger partial charge < -0.3 is 20.4 Å². The molecule has 0 radical (unpaired) electrons. The summed E-state index contributed by atoms with van der Waals surface area (Å²) in [5.41, 5.74) is -0.533. The molecule has 4 N–H and O–H groups in total. The highest BCUT2D eigenvalue weighted by atomic mass is 16.4. The first-order valence-corrected chi connectivity index (χ1v) is 5.57. The molecule has 0 spiro atoms. The zero-order valence-electron chi connectivity index (χ0n) is 10.8. The Hall–Kier alpha value is -1.92. The number of aliphatic hydroxyl groups excluding tert-OH is 1. The van der Waals surface area contributed by atoms with Crippen molar-refractivity contribution in [3.8, 4) is 0 Å². The van der Waals surface area contributed by atoms with Crippen LogP contribution in [0, 0.1) is 0 Å². The second-order valence-corrected chi connectivity index (χ2v) is 4.47. The highest BCUT2D eigenvalue weighted by Gasteiger charge is 2.09.